The van der Waals surface area contributed by atoms with Gasteiger partial charge in [0, 0.05) is 32.2 Å². The second-order valence-electron chi connectivity index (χ2n) is 7.68. The lowest BCUT2D eigenvalue weighted by Gasteiger charge is -2.38. The standard InChI is InChI=1S/C20H40N4O2/c1-3-18(4-2)19(24-13-15-26-16-14-24)17-22-20(25)21-9-8-12-23-10-6-5-7-11-23/h18-19H,3-17H2,1-2H3,(H2,21,22,25). The second-order valence-corrected chi connectivity index (χ2v) is 7.68. The van der Waals surface area contributed by atoms with Crippen LogP contribution in [0.2, 0.25) is 0 Å². The minimum Gasteiger partial charge on any atom is -0.379 e. The highest BCUT2D eigenvalue weighted by Gasteiger charge is 2.27. The number of piperidine rings is 1. The molecule has 152 valence electrons. The Morgan fingerprint density at radius 1 is 1.00 bits per heavy atom. The molecule has 2 fully saturated rings. The van der Waals surface area contributed by atoms with Crippen LogP contribution in [0.15, 0.2) is 0 Å². The lowest BCUT2D eigenvalue weighted by Crippen LogP contribution is -2.53. The average molecular weight is 369 g/mol. The third-order valence-corrected chi connectivity index (χ3v) is 5.96. The molecule has 2 aliphatic heterocycles. The van der Waals surface area contributed by atoms with Crippen LogP contribution in [0.4, 0.5) is 4.79 Å². The average Bonchev–Trinajstić information content (AvgIpc) is 2.70. The predicted octanol–water partition coefficient (Wildman–Crippen LogP) is 2.30. The molecule has 2 N–H and O–H groups in total. The Bertz CT molecular complexity index is 378. The number of urea groups is 1. The van der Waals surface area contributed by atoms with Crippen LogP contribution in [0.25, 0.3) is 0 Å². The fraction of sp³-hybridized carbons (Fsp3) is 0.950. The highest BCUT2D eigenvalue weighted by molar-refractivity contribution is 5.73. The van der Waals surface area contributed by atoms with Crippen molar-refractivity contribution in [1.29, 1.82) is 0 Å². The first-order valence-corrected chi connectivity index (χ1v) is 10.8. The highest BCUT2D eigenvalue weighted by Crippen LogP contribution is 2.19. The predicted molar refractivity (Wildman–Crippen MR) is 107 cm³/mol. The van der Waals surface area contributed by atoms with E-state index >= 15 is 0 Å². The van der Waals surface area contributed by atoms with E-state index in [-0.39, 0.29) is 6.03 Å². The lowest BCUT2D eigenvalue weighted by molar-refractivity contribution is 0.00238. The van der Waals surface area contributed by atoms with Gasteiger partial charge in [0.2, 0.25) is 0 Å². The summed E-state index contributed by atoms with van der Waals surface area (Å²) in [4.78, 5) is 17.2. The molecule has 2 amide bonds. The maximum Gasteiger partial charge on any atom is 0.314 e. The number of nitrogens with zero attached hydrogens (tertiary/aromatic N) is 2. The van der Waals surface area contributed by atoms with Crippen LogP contribution in [0.1, 0.15) is 52.4 Å². The van der Waals surface area contributed by atoms with Crippen LogP contribution in [0, 0.1) is 5.92 Å². The monoisotopic (exact) mass is 368 g/mol. The zero-order valence-corrected chi connectivity index (χ0v) is 17.0. The number of nitrogens with one attached hydrogen (secondary N) is 2. The van der Waals surface area contributed by atoms with E-state index in [4.69, 9.17) is 4.74 Å². The number of rotatable bonds is 10. The molecule has 0 aromatic heterocycles. The molecule has 0 aromatic carbocycles. The van der Waals surface area contributed by atoms with Gasteiger partial charge in [0.05, 0.1) is 13.2 Å². The summed E-state index contributed by atoms with van der Waals surface area (Å²) >= 11 is 0. The number of carbonyl (C=O) groups is 1. The van der Waals surface area contributed by atoms with E-state index in [2.05, 4.69) is 34.3 Å². The molecule has 2 saturated heterocycles. The molecule has 6 nitrogen and oxygen atoms in total. The molecule has 0 spiro atoms. The molecule has 1 atom stereocenters. The van der Waals surface area contributed by atoms with E-state index in [0.29, 0.717) is 12.0 Å². The highest BCUT2D eigenvalue weighted by atomic mass is 16.5. The zero-order valence-electron chi connectivity index (χ0n) is 17.0. The maximum absolute atomic E-state index is 12.2. The Labute approximate surface area is 160 Å². The van der Waals surface area contributed by atoms with Crippen molar-refractivity contribution in [3.63, 3.8) is 0 Å². The Balaban J connectivity index is 1.66. The minimum atomic E-state index is -0.0205. The third-order valence-electron chi connectivity index (χ3n) is 5.96. The zero-order chi connectivity index (χ0) is 18.6. The van der Waals surface area contributed by atoms with Gasteiger partial charge in [0.1, 0.15) is 0 Å². The molecule has 6 heteroatoms. The third kappa shape index (κ3) is 7.41. The first-order chi connectivity index (χ1) is 12.7. The van der Waals surface area contributed by atoms with Crippen molar-refractivity contribution in [2.45, 2.75) is 58.4 Å². The van der Waals surface area contributed by atoms with Gasteiger partial charge in [0.25, 0.3) is 0 Å². The minimum absolute atomic E-state index is 0.0205. The van der Waals surface area contributed by atoms with E-state index < -0.39 is 0 Å². The summed E-state index contributed by atoms with van der Waals surface area (Å²) < 4.78 is 5.49. The van der Waals surface area contributed by atoms with Crippen molar-refractivity contribution >= 4 is 6.03 Å². The molecule has 1 unspecified atom stereocenters. The van der Waals surface area contributed by atoms with Crippen LogP contribution < -0.4 is 10.6 Å². The molecule has 0 radical (unpaired) electrons. The summed E-state index contributed by atoms with van der Waals surface area (Å²) in [6, 6.07) is 0.390. The summed E-state index contributed by atoms with van der Waals surface area (Å²) in [5.41, 5.74) is 0. The molecule has 0 aromatic rings. The Hall–Kier alpha value is -0.850. The first kappa shape index (κ1) is 21.5. The van der Waals surface area contributed by atoms with Crippen molar-refractivity contribution < 1.29 is 9.53 Å². The van der Waals surface area contributed by atoms with E-state index in [9.17, 15) is 4.79 Å². The van der Waals surface area contributed by atoms with Crippen molar-refractivity contribution in [1.82, 2.24) is 20.4 Å². The van der Waals surface area contributed by atoms with Gasteiger partial charge in [-0.3, -0.25) is 4.90 Å². The molecular weight excluding hydrogens is 328 g/mol. The number of hydrogen-bond acceptors (Lipinski definition) is 4. The van der Waals surface area contributed by atoms with Gasteiger partial charge in [-0.15, -0.1) is 0 Å². The van der Waals surface area contributed by atoms with Gasteiger partial charge < -0.3 is 20.3 Å². The molecule has 0 bridgehead atoms. The maximum atomic E-state index is 12.2. The number of ether oxygens (including phenoxy) is 1. The first-order valence-electron chi connectivity index (χ1n) is 10.8. The summed E-state index contributed by atoms with van der Waals surface area (Å²) in [6.45, 7) is 13.1. The topological polar surface area (TPSA) is 56.8 Å². The summed E-state index contributed by atoms with van der Waals surface area (Å²) in [7, 11) is 0. The van der Waals surface area contributed by atoms with Gasteiger partial charge in [-0.25, -0.2) is 4.79 Å². The van der Waals surface area contributed by atoms with Crippen LogP contribution >= 0.6 is 0 Å². The molecule has 2 aliphatic rings. The largest absolute Gasteiger partial charge is 0.379 e. The van der Waals surface area contributed by atoms with Gasteiger partial charge >= 0.3 is 6.03 Å². The SMILES string of the molecule is CCC(CC)C(CNC(=O)NCCCN1CCCCC1)N1CCOCC1. The Morgan fingerprint density at radius 2 is 1.69 bits per heavy atom. The number of hydrogen-bond donors (Lipinski definition) is 2. The molecular formula is C20H40N4O2. The number of likely N-dealkylation sites (tertiary alicyclic amines) is 1. The molecule has 26 heavy (non-hydrogen) atoms. The summed E-state index contributed by atoms with van der Waals surface area (Å²) in [5.74, 6) is 0.618. The van der Waals surface area contributed by atoms with Gasteiger partial charge in [-0.2, -0.15) is 0 Å². The number of morpholine rings is 1. The lowest BCUT2D eigenvalue weighted by atomic mass is 9.92. The number of carbonyl (C=O) groups excluding carboxylic acids is 1. The molecule has 2 rings (SSSR count). The van der Waals surface area contributed by atoms with Gasteiger partial charge in [-0.05, 0) is 44.8 Å². The number of amides is 2. The van der Waals surface area contributed by atoms with E-state index in [1.807, 2.05) is 0 Å². The van der Waals surface area contributed by atoms with E-state index in [0.717, 1.165) is 65.2 Å². The normalized spacial score (nSPS) is 20.9. The Kier molecular flexibility index (Phi) is 10.3. The summed E-state index contributed by atoms with van der Waals surface area (Å²) in [5, 5.41) is 6.16. The second kappa shape index (κ2) is 12.5. The Morgan fingerprint density at radius 3 is 2.35 bits per heavy atom. The smallest absolute Gasteiger partial charge is 0.314 e. The van der Waals surface area contributed by atoms with Crippen LogP contribution in [0.5, 0.6) is 0 Å². The molecule has 2 heterocycles. The van der Waals surface area contributed by atoms with Crippen LogP contribution in [0.3, 0.4) is 0 Å². The van der Waals surface area contributed by atoms with Crippen molar-refractivity contribution in [2.75, 3.05) is 59.0 Å². The van der Waals surface area contributed by atoms with Crippen molar-refractivity contribution in [2.24, 2.45) is 5.92 Å². The van der Waals surface area contributed by atoms with Gasteiger partial charge in [-0.1, -0.05) is 33.1 Å². The van der Waals surface area contributed by atoms with Crippen LogP contribution in [-0.4, -0.2) is 80.9 Å². The van der Waals surface area contributed by atoms with Crippen molar-refractivity contribution in [3.8, 4) is 0 Å². The quantitative estimate of drug-likeness (QED) is 0.581. The van der Waals surface area contributed by atoms with Crippen molar-refractivity contribution in [3.05, 3.63) is 0 Å². The van der Waals surface area contributed by atoms with Crippen LogP contribution in [-0.2, 0) is 4.74 Å². The molecule has 0 aliphatic carbocycles. The van der Waals surface area contributed by atoms with E-state index in [1.165, 1.54) is 32.4 Å². The molecule has 0 saturated carbocycles. The van der Waals surface area contributed by atoms with E-state index in [1.54, 1.807) is 0 Å². The van der Waals surface area contributed by atoms with Gasteiger partial charge in [0.15, 0.2) is 0 Å². The summed E-state index contributed by atoms with van der Waals surface area (Å²) in [6.07, 6.45) is 7.36. The fourth-order valence-electron chi connectivity index (χ4n) is 4.28. The fourth-order valence-corrected chi connectivity index (χ4v) is 4.28.